The molecule has 0 fully saturated rings. The highest BCUT2D eigenvalue weighted by molar-refractivity contribution is 5.97. The summed E-state index contributed by atoms with van der Waals surface area (Å²) in [4.78, 5) is 24.1. The number of rotatable bonds is 6. The van der Waals surface area contributed by atoms with Crippen LogP contribution in [0.15, 0.2) is 53.1 Å². The Kier molecular flexibility index (Phi) is 5.18. The second kappa shape index (κ2) is 7.11. The van der Waals surface area contributed by atoms with Crippen LogP contribution in [0.2, 0.25) is 0 Å². The highest BCUT2D eigenvalue weighted by atomic mass is 16.4. The molecule has 3 N–H and O–H groups in total. The standard InChI is InChI=1S/C17H20N2O4/c1-12(19-16(21)13-7-4-3-5-8-13)15(20)18-11-17(2,22)14-9-6-10-23-14/h3-10,12,22H,11H2,1-2H3,(H,18,20)(H,19,21). The Hall–Kier alpha value is -2.60. The maximum absolute atomic E-state index is 12.1. The molecule has 1 aromatic heterocycles. The fourth-order valence-corrected chi connectivity index (χ4v) is 2.02. The van der Waals surface area contributed by atoms with Crippen LogP contribution in [0.1, 0.15) is 30.0 Å². The molecule has 2 unspecified atom stereocenters. The van der Waals surface area contributed by atoms with Crippen LogP contribution < -0.4 is 10.6 Å². The molecular weight excluding hydrogens is 296 g/mol. The number of amides is 2. The molecule has 0 saturated heterocycles. The third-order valence-electron chi connectivity index (χ3n) is 3.44. The summed E-state index contributed by atoms with van der Waals surface area (Å²) in [5.74, 6) is -0.356. The molecule has 0 aliphatic carbocycles. The molecule has 0 radical (unpaired) electrons. The maximum atomic E-state index is 12.1. The first-order valence-corrected chi connectivity index (χ1v) is 7.30. The zero-order valence-electron chi connectivity index (χ0n) is 13.1. The molecule has 0 bridgehead atoms. The van der Waals surface area contributed by atoms with E-state index in [1.165, 1.54) is 6.26 Å². The molecule has 1 aromatic carbocycles. The van der Waals surface area contributed by atoms with Crippen molar-refractivity contribution in [2.75, 3.05) is 6.54 Å². The zero-order valence-corrected chi connectivity index (χ0v) is 13.1. The summed E-state index contributed by atoms with van der Waals surface area (Å²) in [6.07, 6.45) is 1.45. The smallest absolute Gasteiger partial charge is 0.251 e. The monoisotopic (exact) mass is 316 g/mol. The van der Waals surface area contributed by atoms with Gasteiger partial charge in [-0.2, -0.15) is 0 Å². The van der Waals surface area contributed by atoms with Crippen molar-refractivity contribution in [1.29, 1.82) is 0 Å². The summed E-state index contributed by atoms with van der Waals surface area (Å²) in [6.45, 7) is 3.10. The number of nitrogens with one attached hydrogen (secondary N) is 2. The number of aliphatic hydroxyl groups is 1. The van der Waals surface area contributed by atoms with E-state index in [0.717, 1.165) is 0 Å². The zero-order chi connectivity index (χ0) is 16.9. The fraction of sp³-hybridized carbons (Fsp3) is 0.294. The molecule has 0 aliphatic heterocycles. The SMILES string of the molecule is CC(NC(=O)c1ccccc1)C(=O)NCC(C)(O)c1ccco1. The molecule has 0 saturated carbocycles. The number of hydrogen-bond acceptors (Lipinski definition) is 4. The third-order valence-corrected chi connectivity index (χ3v) is 3.44. The topological polar surface area (TPSA) is 91.6 Å². The lowest BCUT2D eigenvalue weighted by Crippen LogP contribution is -2.48. The second-order valence-electron chi connectivity index (χ2n) is 5.53. The van der Waals surface area contributed by atoms with Crippen molar-refractivity contribution >= 4 is 11.8 Å². The van der Waals surface area contributed by atoms with Gasteiger partial charge in [0, 0.05) is 5.56 Å². The Labute approximate surface area is 134 Å². The summed E-state index contributed by atoms with van der Waals surface area (Å²) in [5, 5.41) is 15.5. The Morgan fingerprint density at radius 1 is 1.22 bits per heavy atom. The number of carbonyl (C=O) groups excluding carboxylic acids is 2. The van der Waals surface area contributed by atoms with E-state index < -0.39 is 11.6 Å². The van der Waals surface area contributed by atoms with E-state index >= 15 is 0 Å². The number of hydrogen-bond donors (Lipinski definition) is 3. The maximum Gasteiger partial charge on any atom is 0.251 e. The van der Waals surface area contributed by atoms with Crippen molar-refractivity contribution in [2.45, 2.75) is 25.5 Å². The molecular formula is C17H20N2O4. The van der Waals surface area contributed by atoms with Gasteiger partial charge in [-0.05, 0) is 38.1 Å². The van der Waals surface area contributed by atoms with E-state index in [-0.39, 0.29) is 18.4 Å². The van der Waals surface area contributed by atoms with Gasteiger partial charge in [0.15, 0.2) is 0 Å². The Morgan fingerprint density at radius 3 is 2.52 bits per heavy atom. The molecule has 1 heterocycles. The van der Waals surface area contributed by atoms with Gasteiger partial charge in [-0.1, -0.05) is 18.2 Å². The van der Waals surface area contributed by atoms with Crippen LogP contribution in [-0.4, -0.2) is 29.5 Å². The van der Waals surface area contributed by atoms with E-state index in [9.17, 15) is 14.7 Å². The van der Waals surface area contributed by atoms with E-state index in [4.69, 9.17) is 4.42 Å². The lowest BCUT2D eigenvalue weighted by atomic mass is 10.0. The molecule has 0 aliphatic rings. The molecule has 6 heteroatoms. The van der Waals surface area contributed by atoms with Crippen LogP contribution in [0.4, 0.5) is 0 Å². The van der Waals surface area contributed by atoms with Crippen LogP contribution >= 0.6 is 0 Å². The predicted molar refractivity (Wildman–Crippen MR) is 84.7 cm³/mol. The summed E-state index contributed by atoms with van der Waals surface area (Å²) >= 11 is 0. The van der Waals surface area contributed by atoms with Gasteiger partial charge < -0.3 is 20.2 Å². The minimum absolute atomic E-state index is 0.0229. The molecule has 2 rings (SSSR count). The van der Waals surface area contributed by atoms with Gasteiger partial charge in [-0.3, -0.25) is 9.59 Å². The minimum Gasteiger partial charge on any atom is -0.466 e. The summed E-state index contributed by atoms with van der Waals surface area (Å²) in [6, 6.07) is 11.2. The third kappa shape index (κ3) is 4.43. The van der Waals surface area contributed by atoms with Gasteiger partial charge >= 0.3 is 0 Å². The van der Waals surface area contributed by atoms with Crippen molar-refractivity contribution in [2.24, 2.45) is 0 Å². The lowest BCUT2D eigenvalue weighted by Gasteiger charge is -2.22. The second-order valence-corrected chi connectivity index (χ2v) is 5.53. The highest BCUT2D eigenvalue weighted by Gasteiger charge is 2.28. The van der Waals surface area contributed by atoms with Crippen LogP contribution in [0.25, 0.3) is 0 Å². The van der Waals surface area contributed by atoms with Crippen LogP contribution in [0.5, 0.6) is 0 Å². The molecule has 2 atom stereocenters. The number of furan rings is 1. The van der Waals surface area contributed by atoms with E-state index in [1.54, 1.807) is 50.2 Å². The largest absolute Gasteiger partial charge is 0.466 e. The van der Waals surface area contributed by atoms with E-state index in [0.29, 0.717) is 11.3 Å². The van der Waals surface area contributed by atoms with Crippen LogP contribution in [0.3, 0.4) is 0 Å². The van der Waals surface area contributed by atoms with Crippen molar-refractivity contribution < 1.29 is 19.1 Å². The van der Waals surface area contributed by atoms with Crippen molar-refractivity contribution in [3.05, 3.63) is 60.1 Å². The van der Waals surface area contributed by atoms with Crippen molar-refractivity contribution in [3.63, 3.8) is 0 Å². The lowest BCUT2D eigenvalue weighted by molar-refractivity contribution is -0.123. The van der Waals surface area contributed by atoms with Crippen LogP contribution in [-0.2, 0) is 10.4 Å². The quantitative estimate of drug-likeness (QED) is 0.751. The number of carbonyl (C=O) groups is 2. The van der Waals surface area contributed by atoms with Crippen LogP contribution in [0, 0.1) is 0 Å². The van der Waals surface area contributed by atoms with Gasteiger partial charge in [-0.25, -0.2) is 0 Å². The first-order valence-electron chi connectivity index (χ1n) is 7.30. The summed E-state index contributed by atoms with van der Waals surface area (Å²) in [7, 11) is 0. The number of benzene rings is 1. The highest BCUT2D eigenvalue weighted by Crippen LogP contribution is 2.19. The average Bonchev–Trinajstić information content (AvgIpc) is 3.08. The molecule has 23 heavy (non-hydrogen) atoms. The van der Waals surface area contributed by atoms with E-state index in [2.05, 4.69) is 10.6 Å². The van der Waals surface area contributed by atoms with Crippen molar-refractivity contribution in [1.82, 2.24) is 10.6 Å². The Morgan fingerprint density at radius 2 is 1.91 bits per heavy atom. The predicted octanol–water partition coefficient (Wildman–Crippen LogP) is 1.42. The minimum atomic E-state index is -1.32. The molecule has 2 aromatic rings. The molecule has 6 nitrogen and oxygen atoms in total. The first kappa shape index (κ1) is 16.8. The summed E-state index contributed by atoms with van der Waals surface area (Å²) < 4.78 is 5.14. The van der Waals surface area contributed by atoms with Gasteiger partial charge in [0.2, 0.25) is 5.91 Å². The molecule has 2 amide bonds. The summed E-state index contributed by atoms with van der Waals surface area (Å²) in [5.41, 5.74) is -0.836. The Balaban J connectivity index is 1.87. The Bertz CT molecular complexity index is 650. The first-order chi connectivity index (χ1) is 10.9. The van der Waals surface area contributed by atoms with Crippen molar-refractivity contribution in [3.8, 4) is 0 Å². The van der Waals surface area contributed by atoms with Gasteiger partial charge in [-0.15, -0.1) is 0 Å². The molecule has 122 valence electrons. The van der Waals surface area contributed by atoms with Gasteiger partial charge in [0.1, 0.15) is 17.4 Å². The fourth-order valence-electron chi connectivity index (χ4n) is 2.02. The van der Waals surface area contributed by atoms with E-state index in [1.807, 2.05) is 6.07 Å². The normalized spacial score (nSPS) is 14.6. The van der Waals surface area contributed by atoms with Gasteiger partial charge in [0.25, 0.3) is 5.91 Å². The van der Waals surface area contributed by atoms with Gasteiger partial charge in [0.05, 0.1) is 12.8 Å². The average molecular weight is 316 g/mol. The molecule has 0 spiro atoms.